The van der Waals surface area contributed by atoms with Gasteiger partial charge in [-0.15, -0.1) is 11.6 Å². The van der Waals surface area contributed by atoms with Crippen molar-refractivity contribution in [3.8, 4) is 0 Å². The van der Waals surface area contributed by atoms with Crippen LogP contribution in [0.4, 0.5) is 0 Å². The summed E-state index contributed by atoms with van der Waals surface area (Å²) in [4.78, 5) is 11.6. The number of nitrogens with one attached hydrogen (secondary N) is 1. The third-order valence-electron chi connectivity index (χ3n) is 2.79. The molecule has 1 fully saturated rings. The van der Waals surface area contributed by atoms with Crippen LogP contribution in [0.5, 0.6) is 0 Å². The van der Waals surface area contributed by atoms with Crippen molar-refractivity contribution in [1.29, 1.82) is 0 Å². The third-order valence-corrected chi connectivity index (χ3v) is 3.10. The number of ether oxygens (including phenoxy) is 1. The maximum atomic E-state index is 11.6. The molecule has 1 heterocycles. The number of carbonyl (C=O) groups is 1. The molecule has 0 radical (unpaired) electrons. The van der Waals surface area contributed by atoms with Crippen molar-refractivity contribution in [1.82, 2.24) is 5.32 Å². The summed E-state index contributed by atoms with van der Waals surface area (Å²) >= 11 is 6.18. The highest BCUT2D eigenvalue weighted by Crippen LogP contribution is 2.23. The van der Waals surface area contributed by atoms with Crippen LogP contribution < -0.4 is 5.32 Å². The summed E-state index contributed by atoms with van der Waals surface area (Å²) in [6.45, 7) is 7.79. The summed E-state index contributed by atoms with van der Waals surface area (Å²) in [6, 6.07) is 0. The van der Waals surface area contributed by atoms with E-state index in [1.807, 2.05) is 0 Å². The molecule has 4 heteroatoms. The zero-order valence-electron chi connectivity index (χ0n) is 11.1. The van der Waals surface area contributed by atoms with E-state index in [9.17, 15) is 4.79 Å². The van der Waals surface area contributed by atoms with E-state index in [4.69, 9.17) is 16.3 Å². The average molecular weight is 262 g/mol. The molecule has 1 saturated heterocycles. The zero-order chi connectivity index (χ0) is 12.9. The number of hydrogen-bond acceptors (Lipinski definition) is 2. The number of halogens is 1. The SMILES string of the molecule is CC(C)(C)CC(Cl)CNC(=O)CC1CCCO1. The summed E-state index contributed by atoms with van der Waals surface area (Å²) in [7, 11) is 0. The Morgan fingerprint density at radius 3 is 2.76 bits per heavy atom. The predicted molar refractivity (Wildman–Crippen MR) is 70.3 cm³/mol. The van der Waals surface area contributed by atoms with Crippen LogP contribution in [0.25, 0.3) is 0 Å². The topological polar surface area (TPSA) is 38.3 Å². The monoisotopic (exact) mass is 261 g/mol. The number of alkyl halides is 1. The van der Waals surface area contributed by atoms with Gasteiger partial charge < -0.3 is 10.1 Å². The van der Waals surface area contributed by atoms with E-state index in [1.54, 1.807) is 0 Å². The molecule has 1 N–H and O–H groups in total. The Labute approximate surface area is 109 Å². The van der Waals surface area contributed by atoms with Gasteiger partial charge in [-0.2, -0.15) is 0 Å². The lowest BCUT2D eigenvalue weighted by atomic mass is 9.90. The minimum absolute atomic E-state index is 0.00319. The molecule has 0 aromatic carbocycles. The molecule has 2 unspecified atom stereocenters. The number of rotatable bonds is 5. The molecule has 17 heavy (non-hydrogen) atoms. The molecule has 3 nitrogen and oxygen atoms in total. The van der Waals surface area contributed by atoms with Crippen molar-refractivity contribution < 1.29 is 9.53 Å². The molecule has 0 bridgehead atoms. The maximum Gasteiger partial charge on any atom is 0.222 e. The first-order valence-electron chi connectivity index (χ1n) is 6.39. The highest BCUT2D eigenvalue weighted by Gasteiger charge is 2.20. The van der Waals surface area contributed by atoms with E-state index in [-0.39, 0.29) is 22.8 Å². The highest BCUT2D eigenvalue weighted by atomic mass is 35.5. The summed E-state index contributed by atoms with van der Waals surface area (Å²) in [5, 5.41) is 2.88. The van der Waals surface area contributed by atoms with Gasteiger partial charge in [-0.3, -0.25) is 4.79 Å². The molecule has 0 aliphatic carbocycles. The van der Waals surface area contributed by atoms with E-state index < -0.39 is 0 Å². The van der Waals surface area contributed by atoms with Crippen LogP contribution in [0.2, 0.25) is 0 Å². The average Bonchev–Trinajstić information content (AvgIpc) is 2.64. The normalized spacial score (nSPS) is 22.5. The minimum atomic E-state index is 0.00319. The van der Waals surface area contributed by atoms with Crippen molar-refractivity contribution in [2.45, 2.75) is 57.9 Å². The lowest BCUT2D eigenvalue weighted by Crippen LogP contribution is -2.33. The molecule has 0 saturated carbocycles. The second-order valence-electron chi connectivity index (χ2n) is 6.01. The predicted octanol–water partition coefficient (Wildman–Crippen LogP) is 2.72. The molecule has 0 aromatic heterocycles. The Kier molecular flexibility index (Phi) is 5.74. The summed E-state index contributed by atoms with van der Waals surface area (Å²) in [5.74, 6) is 0.0523. The first kappa shape index (κ1) is 14.8. The lowest BCUT2D eigenvalue weighted by molar-refractivity contribution is -0.123. The van der Waals surface area contributed by atoms with Gasteiger partial charge in [0, 0.05) is 13.2 Å². The van der Waals surface area contributed by atoms with Gasteiger partial charge in [-0.1, -0.05) is 20.8 Å². The van der Waals surface area contributed by atoms with Crippen molar-refractivity contribution in [3.05, 3.63) is 0 Å². The van der Waals surface area contributed by atoms with E-state index in [0.29, 0.717) is 13.0 Å². The third kappa shape index (κ3) is 6.89. The smallest absolute Gasteiger partial charge is 0.222 e. The van der Waals surface area contributed by atoms with Gasteiger partial charge in [0.05, 0.1) is 17.9 Å². The largest absolute Gasteiger partial charge is 0.378 e. The van der Waals surface area contributed by atoms with Gasteiger partial charge in [0.2, 0.25) is 5.91 Å². The second-order valence-corrected chi connectivity index (χ2v) is 6.62. The standard InChI is InChI=1S/C13H24ClNO2/c1-13(2,3)8-10(14)9-15-12(16)7-11-5-4-6-17-11/h10-11H,4-9H2,1-3H3,(H,15,16). The van der Waals surface area contributed by atoms with Gasteiger partial charge in [-0.25, -0.2) is 0 Å². The van der Waals surface area contributed by atoms with Crippen LogP contribution >= 0.6 is 11.6 Å². The quantitative estimate of drug-likeness (QED) is 0.773. The minimum Gasteiger partial charge on any atom is -0.378 e. The Balaban J connectivity index is 2.14. The van der Waals surface area contributed by atoms with Gasteiger partial charge in [0.25, 0.3) is 0 Å². The Hall–Kier alpha value is -0.280. The van der Waals surface area contributed by atoms with Gasteiger partial charge in [0.15, 0.2) is 0 Å². The van der Waals surface area contributed by atoms with Crippen molar-refractivity contribution in [2.24, 2.45) is 5.41 Å². The molecule has 1 aliphatic rings. The van der Waals surface area contributed by atoms with Gasteiger partial charge in [-0.05, 0) is 24.7 Å². The molecule has 2 atom stereocenters. The molecule has 1 rings (SSSR count). The molecular weight excluding hydrogens is 238 g/mol. The number of hydrogen-bond donors (Lipinski definition) is 1. The maximum absolute atomic E-state index is 11.6. The Morgan fingerprint density at radius 1 is 1.53 bits per heavy atom. The Bertz CT molecular complexity index is 244. The summed E-state index contributed by atoms with van der Waals surface area (Å²) < 4.78 is 5.42. The fraction of sp³-hybridized carbons (Fsp3) is 0.923. The summed E-state index contributed by atoms with van der Waals surface area (Å²) in [5.41, 5.74) is 0.200. The summed E-state index contributed by atoms with van der Waals surface area (Å²) in [6.07, 6.45) is 3.56. The molecule has 0 spiro atoms. The fourth-order valence-corrected chi connectivity index (χ4v) is 2.59. The number of amides is 1. The van der Waals surface area contributed by atoms with Gasteiger partial charge >= 0.3 is 0 Å². The molecular formula is C13H24ClNO2. The number of carbonyl (C=O) groups excluding carboxylic acids is 1. The fourth-order valence-electron chi connectivity index (χ4n) is 2.05. The molecule has 0 aromatic rings. The first-order chi connectivity index (χ1) is 7.87. The van der Waals surface area contributed by atoms with Crippen molar-refractivity contribution in [3.63, 3.8) is 0 Å². The highest BCUT2D eigenvalue weighted by molar-refractivity contribution is 6.20. The van der Waals surface area contributed by atoms with Gasteiger partial charge in [0.1, 0.15) is 0 Å². The van der Waals surface area contributed by atoms with Crippen LogP contribution in [-0.2, 0) is 9.53 Å². The van der Waals surface area contributed by atoms with Crippen LogP contribution in [0, 0.1) is 5.41 Å². The lowest BCUT2D eigenvalue weighted by Gasteiger charge is -2.22. The second kappa shape index (κ2) is 6.60. The zero-order valence-corrected chi connectivity index (χ0v) is 11.8. The molecule has 100 valence electrons. The van der Waals surface area contributed by atoms with E-state index in [2.05, 4.69) is 26.1 Å². The molecule has 1 amide bonds. The van der Waals surface area contributed by atoms with Crippen molar-refractivity contribution >= 4 is 17.5 Å². The van der Waals surface area contributed by atoms with E-state index in [0.717, 1.165) is 25.9 Å². The Morgan fingerprint density at radius 2 is 2.24 bits per heavy atom. The van der Waals surface area contributed by atoms with Crippen LogP contribution in [0.3, 0.4) is 0 Å². The van der Waals surface area contributed by atoms with Crippen LogP contribution in [0.15, 0.2) is 0 Å². The molecule has 1 aliphatic heterocycles. The van der Waals surface area contributed by atoms with E-state index in [1.165, 1.54) is 0 Å². The van der Waals surface area contributed by atoms with Crippen LogP contribution in [-0.4, -0.2) is 30.5 Å². The van der Waals surface area contributed by atoms with E-state index >= 15 is 0 Å². The van der Waals surface area contributed by atoms with Crippen LogP contribution in [0.1, 0.15) is 46.5 Å². The first-order valence-corrected chi connectivity index (χ1v) is 6.83. The van der Waals surface area contributed by atoms with Crippen molar-refractivity contribution in [2.75, 3.05) is 13.2 Å².